The van der Waals surface area contributed by atoms with Crippen LogP contribution in [0.2, 0.25) is 0 Å². The van der Waals surface area contributed by atoms with E-state index in [1.807, 2.05) is 0 Å². The summed E-state index contributed by atoms with van der Waals surface area (Å²) >= 11 is 0. The number of nitrogens with one attached hydrogen (secondary N) is 1. The van der Waals surface area contributed by atoms with Gasteiger partial charge in [-0.1, -0.05) is 26.2 Å². The largest absolute Gasteiger partial charge is 0.372 e. The Morgan fingerprint density at radius 3 is 2.50 bits per heavy atom. The second-order valence-electron chi connectivity index (χ2n) is 7.01. The molecule has 0 aromatic heterocycles. The van der Waals surface area contributed by atoms with Crippen molar-refractivity contribution in [1.82, 2.24) is 5.32 Å². The fourth-order valence-corrected chi connectivity index (χ4v) is 4.11. The molecule has 3 aliphatic rings. The van der Waals surface area contributed by atoms with E-state index in [-0.39, 0.29) is 0 Å². The minimum absolute atomic E-state index is 0.317. The molecule has 2 aliphatic carbocycles. The van der Waals surface area contributed by atoms with Gasteiger partial charge < -0.3 is 10.1 Å². The van der Waals surface area contributed by atoms with E-state index in [9.17, 15) is 0 Å². The predicted molar refractivity (Wildman–Crippen MR) is 74.8 cm³/mol. The normalized spacial score (nSPS) is 32.8. The highest BCUT2D eigenvalue weighted by atomic mass is 16.5. The van der Waals surface area contributed by atoms with Crippen LogP contribution in [-0.2, 0) is 4.74 Å². The van der Waals surface area contributed by atoms with Crippen molar-refractivity contribution < 1.29 is 4.74 Å². The van der Waals surface area contributed by atoms with Crippen LogP contribution in [0, 0.1) is 5.41 Å². The summed E-state index contributed by atoms with van der Waals surface area (Å²) in [6.45, 7) is 4.53. The van der Waals surface area contributed by atoms with E-state index in [0.29, 0.717) is 17.1 Å². The molecule has 0 aromatic rings. The smallest absolute Gasteiger partial charge is 0.0687 e. The molecule has 3 rings (SSSR count). The molecule has 104 valence electrons. The molecule has 18 heavy (non-hydrogen) atoms. The van der Waals surface area contributed by atoms with Crippen molar-refractivity contribution in [3.8, 4) is 0 Å². The van der Waals surface area contributed by atoms with Gasteiger partial charge in [0.1, 0.15) is 0 Å². The van der Waals surface area contributed by atoms with Crippen LogP contribution in [0.1, 0.15) is 71.1 Å². The van der Waals surface area contributed by atoms with Gasteiger partial charge in [-0.2, -0.15) is 0 Å². The first-order chi connectivity index (χ1) is 8.76. The lowest BCUT2D eigenvalue weighted by Crippen LogP contribution is -2.33. The molecule has 0 amide bonds. The highest BCUT2D eigenvalue weighted by molar-refractivity contribution is 5.00. The van der Waals surface area contributed by atoms with Crippen molar-refractivity contribution in [3.05, 3.63) is 0 Å². The van der Waals surface area contributed by atoms with Gasteiger partial charge in [-0.3, -0.25) is 0 Å². The Labute approximate surface area is 112 Å². The molecule has 3 fully saturated rings. The minimum Gasteiger partial charge on any atom is -0.372 e. The fourth-order valence-electron chi connectivity index (χ4n) is 4.11. The molecule has 1 unspecified atom stereocenters. The Kier molecular flexibility index (Phi) is 3.68. The van der Waals surface area contributed by atoms with Gasteiger partial charge in [0.2, 0.25) is 0 Å². The Balaban J connectivity index is 1.50. The maximum atomic E-state index is 6.52. The summed E-state index contributed by atoms with van der Waals surface area (Å²) < 4.78 is 6.52. The number of hydrogen-bond acceptors (Lipinski definition) is 2. The number of rotatable bonds is 5. The molecule has 1 N–H and O–H groups in total. The van der Waals surface area contributed by atoms with Crippen molar-refractivity contribution in [3.63, 3.8) is 0 Å². The molecular formula is C16H29NO. The van der Waals surface area contributed by atoms with Crippen molar-refractivity contribution >= 4 is 0 Å². The van der Waals surface area contributed by atoms with Gasteiger partial charge in [-0.05, 0) is 56.9 Å². The van der Waals surface area contributed by atoms with Crippen LogP contribution in [0.3, 0.4) is 0 Å². The van der Waals surface area contributed by atoms with Crippen molar-refractivity contribution in [2.24, 2.45) is 5.41 Å². The molecule has 1 saturated heterocycles. The van der Waals surface area contributed by atoms with E-state index in [2.05, 4.69) is 12.2 Å². The zero-order chi connectivity index (χ0) is 12.5. The summed E-state index contributed by atoms with van der Waals surface area (Å²) in [7, 11) is 0. The van der Waals surface area contributed by atoms with Gasteiger partial charge in [0, 0.05) is 6.54 Å². The zero-order valence-corrected chi connectivity index (χ0v) is 12.0. The van der Waals surface area contributed by atoms with Crippen LogP contribution < -0.4 is 5.32 Å². The third-order valence-electron chi connectivity index (χ3n) is 5.47. The molecule has 0 radical (unpaired) electrons. The average Bonchev–Trinajstić information content (AvgIpc) is 3.05. The topological polar surface area (TPSA) is 21.3 Å². The van der Waals surface area contributed by atoms with Gasteiger partial charge in [-0.15, -0.1) is 0 Å². The highest BCUT2D eigenvalue weighted by Gasteiger charge is 2.48. The zero-order valence-electron chi connectivity index (χ0n) is 12.0. The SMILES string of the molecule is CCNCC1(CC2CCC3(CCCCC3)O2)CC1. The lowest BCUT2D eigenvalue weighted by Gasteiger charge is -2.34. The van der Waals surface area contributed by atoms with Crippen LogP contribution in [-0.4, -0.2) is 24.8 Å². The molecule has 0 aromatic carbocycles. The second kappa shape index (κ2) is 5.13. The Hall–Kier alpha value is -0.0800. The minimum atomic E-state index is 0.317. The first-order valence-corrected chi connectivity index (χ1v) is 8.15. The maximum Gasteiger partial charge on any atom is 0.0687 e. The van der Waals surface area contributed by atoms with Gasteiger partial charge in [-0.25, -0.2) is 0 Å². The summed E-state index contributed by atoms with van der Waals surface area (Å²) in [5.41, 5.74) is 0.929. The summed E-state index contributed by atoms with van der Waals surface area (Å²) in [4.78, 5) is 0. The summed E-state index contributed by atoms with van der Waals surface area (Å²) in [5.74, 6) is 0. The van der Waals surface area contributed by atoms with E-state index in [1.165, 1.54) is 70.8 Å². The standard InChI is InChI=1S/C16H29NO/c1-2-17-13-15(10-11-15)12-14-6-9-16(18-14)7-4-3-5-8-16/h14,17H,2-13H2,1H3. The van der Waals surface area contributed by atoms with Gasteiger partial charge in [0.15, 0.2) is 0 Å². The van der Waals surface area contributed by atoms with Crippen molar-refractivity contribution in [2.45, 2.75) is 82.8 Å². The third kappa shape index (κ3) is 2.75. The molecule has 1 heterocycles. The van der Waals surface area contributed by atoms with Crippen LogP contribution in [0.25, 0.3) is 0 Å². The highest BCUT2D eigenvalue weighted by Crippen LogP contribution is 2.52. The Morgan fingerprint density at radius 1 is 1.06 bits per heavy atom. The van der Waals surface area contributed by atoms with E-state index >= 15 is 0 Å². The number of ether oxygens (including phenoxy) is 1. The van der Waals surface area contributed by atoms with Crippen molar-refractivity contribution in [2.75, 3.05) is 13.1 Å². The van der Waals surface area contributed by atoms with E-state index < -0.39 is 0 Å². The van der Waals surface area contributed by atoms with Crippen LogP contribution >= 0.6 is 0 Å². The Bertz CT molecular complexity index is 279. The van der Waals surface area contributed by atoms with E-state index in [1.54, 1.807) is 0 Å². The molecule has 2 saturated carbocycles. The molecule has 2 heteroatoms. The Morgan fingerprint density at radius 2 is 1.83 bits per heavy atom. The molecule has 2 nitrogen and oxygen atoms in total. The second-order valence-corrected chi connectivity index (χ2v) is 7.01. The van der Waals surface area contributed by atoms with E-state index in [0.717, 1.165) is 6.54 Å². The average molecular weight is 251 g/mol. The summed E-state index contributed by atoms with van der Waals surface area (Å²) in [6.07, 6.45) is 14.3. The summed E-state index contributed by atoms with van der Waals surface area (Å²) in [5, 5.41) is 3.54. The van der Waals surface area contributed by atoms with E-state index in [4.69, 9.17) is 4.74 Å². The maximum absolute atomic E-state index is 6.52. The van der Waals surface area contributed by atoms with Crippen LogP contribution in [0.5, 0.6) is 0 Å². The molecule has 1 spiro atoms. The fraction of sp³-hybridized carbons (Fsp3) is 1.00. The number of hydrogen-bond donors (Lipinski definition) is 1. The lowest BCUT2D eigenvalue weighted by molar-refractivity contribution is -0.0710. The van der Waals surface area contributed by atoms with Gasteiger partial charge >= 0.3 is 0 Å². The molecule has 0 bridgehead atoms. The van der Waals surface area contributed by atoms with Crippen LogP contribution in [0.15, 0.2) is 0 Å². The van der Waals surface area contributed by atoms with Gasteiger partial charge in [0.25, 0.3) is 0 Å². The first-order valence-electron chi connectivity index (χ1n) is 8.15. The quantitative estimate of drug-likeness (QED) is 0.805. The molecule has 1 atom stereocenters. The first kappa shape index (κ1) is 12.9. The summed E-state index contributed by atoms with van der Waals surface area (Å²) in [6, 6.07) is 0. The third-order valence-corrected chi connectivity index (χ3v) is 5.47. The van der Waals surface area contributed by atoms with Gasteiger partial charge in [0.05, 0.1) is 11.7 Å². The van der Waals surface area contributed by atoms with Crippen LogP contribution in [0.4, 0.5) is 0 Å². The van der Waals surface area contributed by atoms with Crippen molar-refractivity contribution in [1.29, 1.82) is 0 Å². The molecular weight excluding hydrogens is 222 g/mol. The predicted octanol–water partition coefficient (Wildman–Crippen LogP) is 3.65. The monoisotopic (exact) mass is 251 g/mol. The molecule has 1 aliphatic heterocycles. The lowest BCUT2D eigenvalue weighted by atomic mass is 9.83.